The van der Waals surface area contributed by atoms with Crippen molar-refractivity contribution >= 4 is 35.8 Å². The summed E-state index contributed by atoms with van der Waals surface area (Å²) in [4.78, 5) is 60.1. The van der Waals surface area contributed by atoms with Crippen molar-refractivity contribution in [1.29, 1.82) is 0 Å². The molecular weight excluding hydrogens is 729 g/mol. The number of Topliss-reactive ketones (excluding diaryl/α,β-unsaturated/α-hetero) is 1. The number of fused-ring (bicyclic) bond motifs is 3. The number of methoxy groups -OCH3 is 1. The van der Waals surface area contributed by atoms with Gasteiger partial charge in [-0.1, -0.05) is 31.1 Å². The topological polar surface area (TPSA) is 132 Å². The van der Waals surface area contributed by atoms with Crippen LogP contribution in [0.3, 0.4) is 0 Å². The molecule has 0 bridgehead atoms. The summed E-state index contributed by atoms with van der Waals surface area (Å²) in [5.74, 6) is -3.29. The Bertz CT molecular complexity index is 1980. The van der Waals surface area contributed by atoms with Gasteiger partial charge in [0, 0.05) is 35.9 Å². The zero-order valence-electron chi connectivity index (χ0n) is 31.2. The molecule has 13 heteroatoms. The van der Waals surface area contributed by atoms with Crippen LogP contribution in [0, 0.1) is 23.5 Å². The molecule has 0 spiro atoms. The summed E-state index contributed by atoms with van der Waals surface area (Å²) in [5, 5.41) is 0.0835. The van der Waals surface area contributed by atoms with Crippen LogP contribution in [0.25, 0.3) is 10.8 Å². The number of amides is 1. The lowest BCUT2D eigenvalue weighted by molar-refractivity contribution is -0.154. The van der Waals surface area contributed by atoms with E-state index in [1.165, 1.54) is 11.0 Å². The van der Waals surface area contributed by atoms with Crippen molar-refractivity contribution in [2.24, 2.45) is 11.8 Å². The first-order valence-electron chi connectivity index (χ1n) is 19.5. The van der Waals surface area contributed by atoms with Crippen molar-refractivity contribution in [2.45, 2.75) is 113 Å². The van der Waals surface area contributed by atoms with Gasteiger partial charge in [0.25, 0.3) is 0 Å². The number of allylic oxidation sites excluding steroid dienone is 2. The molecule has 3 fully saturated rings. The summed E-state index contributed by atoms with van der Waals surface area (Å²) < 4.78 is 61.6. The predicted octanol–water partition coefficient (Wildman–Crippen LogP) is 8.07. The number of carbonyl (C=O) groups excluding carboxylic acids is 3. The minimum atomic E-state index is -4.42. The summed E-state index contributed by atoms with van der Waals surface area (Å²) in [6, 6.07) is 9.56. The third-order valence-electron chi connectivity index (χ3n) is 12.0. The maximum atomic E-state index is 14.8. The minimum Gasteiger partial charge on any atom is -0.497 e. The molecule has 294 valence electrons. The van der Waals surface area contributed by atoms with Crippen LogP contribution in [0.15, 0.2) is 60.8 Å². The van der Waals surface area contributed by atoms with E-state index in [-0.39, 0.29) is 44.2 Å². The Morgan fingerprint density at radius 2 is 1.78 bits per heavy atom. The first-order valence-corrected chi connectivity index (χ1v) is 21.4. The fourth-order valence-electron chi connectivity index (χ4n) is 8.79. The van der Waals surface area contributed by atoms with E-state index in [1.54, 1.807) is 19.4 Å². The third-order valence-corrected chi connectivity index (χ3v) is 14.8. The highest BCUT2D eigenvalue weighted by atomic mass is 31.2. The molecule has 7 rings (SSSR count). The lowest BCUT2D eigenvalue weighted by Gasteiger charge is -2.30. The molecule has 4 aliphatic rings. The molecule has 0 radical (unpaired) electrons. The quantitative estimate of drug-likeness (QED) is 0.130. The number of ketones is 1. The van der Waals surface area contributed by atoms with Crippen LogP contribution in [0.2, 0.25) is 0 Å². The number of hydrogen-bond donors (Lipinski definition) is 1. The van der Waals surface area contributed by atoms with E-state index in [1.807, 2.05) is 30.4 Å². The molecule has 55 heavy (non-hydrogen) atoms. The van der Waals surface area contributed by atoms with Gasteiger partial charge in [0.05, 0.1) is 37.4 Å². The second-order valence-corrected chi connectivity index (χ2v) is 18.3. The second-order valence-electron chi connectivity index (χ2n) is 15.7. The Balaban J connectivity index is 1.20. The van der Waals surface area contributed by atoms with E-state index in [0.29, 0.717) is 36.3 Å². The van der Waals surface area contributed by atoms with Gasteiger partial charge in [-0.25, -0.2) is 13.8 Å². The Kier molecular flexibility index (Phi) is 11.7. The average Bonchev–Trinajstić information content (AvgIpc) is 3.43. The summed E-state index contributed by atoms with van der Waals surface area (Å²) in [6.45, 7) is 0.0329. The van der Waals surface area contributed by atoms with Gasteiger partial charge in [0.2, 0.25) is 19.2 Å². The molecule has 1 aromatic heterocycles. The monoisotopic (exact) mass is 778 g/mol. The number of ether oxygens (including phenoxy) is 3. The van der Waals surface area contributed by atoms with E-state index < -0.39 is 71.6 Å². The van der Waals surface area contributed by atoms with Crippen molar-refractivity contribution in [2.75, 3.05) is 13.7 Å². The summed E-state index contributed by atoms with van der Waals surface area (Å²) in [5.41, 5.74) is -0.487. The van der Waals surface area contributed by atoms with Crippen LogP contribution in [-0.2, 0) is 29.8 Å². The SMILES string of the molecule is COc1ccc2c(O[C@@H]3C[C@H]4C(=O)C[C@]5(P(=O)(O)Cc6c(F)cccc6F)C[C@@H]5/C=C\CCCCC[C@H](CC(=O)OC5CCCC5)C(=O)N4C3)nccc2c1. The van der Waals surface area contributed by atoms with Crippen LogP contribution in [-0.4, -0.2) is 69.5 Å². The molecule has 10 nitrogen and oxygen atoms in total. The second kappa shape index (κ2) is 16.5. The van der Waals surface area contributed by atoms with Gasteiger partial charge in [-0.3, -0.25) is 18.9 Å². The smallest absolute Gasteiger partial charge is 0.306 e. The maximum Gasteiger partial charge on any atom is 0.306 e. The lowest BCUT2D eigenvalue weighted by Crippen LogP contribution is -2.45. The highest BCUT2D eigenvalue weighted by Gasteiger charge is 2.65. The van der Waals surface area contributed by atoms with Crippen LogP contribution in [0.1, 0.15) is 89.0 Å². The summed E-state index contributed by atoms with van der Waals surface area (Å²) >= 11 is 0. The number of carbonyl (C=O) groups is 3. The number of pyridine rings is 1. The zero-order valence-corrected chi connectivity index (χ0v) is 32.1. The zero-order chi connectivity index (χ0) is 38.7. The normalized spacial score (nSPS) is 28.0. The van der Waals surface area contributed by atoms with Crippen LogP contribution < -0.4 is 9.47 Å². The van der Waals surface area contributed by atoms with Crippen molar-refractivity contribution in [3.05, 3.63) is 78.0 Å². The van der Waals surface area contributed by atoms with Gasteiger partial charge in [-0.2, -0.15) is 0 Å². The first kappa shape index (κ1) is 39.1. The summed E-state index contributed by atoms with van der Waals surface area (Å²) in [7, 11) is -2.85. The van der Waals surface area contributed by atoms with Gasteiger partial charge < -0.3 is 24.0 Å². The highest BCUT2D eigenvalue weighted by Crippen LogP contribution is 2.74. The van der Waals surface area contributed by atoms with Crippen LogP contribution >= 0.6 is 7.37 Å². The maximum absolute atomic E-state index is 14.8. The fraction of sp³-hybridized carbons (Fsp3) is 0.524. The average molecular weight is 779 g/mol. The molecule has 2 saturated carbocycles. The number of esters is 1. The number of hydrogen-bond acceptors (Lipinski definition) is 8. The minimum absolute atomic E-state index is 0.0329. The predicted molar refractivity (Wildman–Crippen MR) is 202 cm³/mol. The molecular formula is C42H49F2N2O8P. The largest absolute Gasteiger partial charge is 0.497 e. The standard InChI is InChI=1S/C42H49F2N2O8P/c1-52-31-16-17-33-27(20-31)18-19-45-40(33)54-32-22-37-38(47)24-42(55(50,51)26-34-35(43)14-9-15-36(34)44)23-29(42)11-6-4-2-3-5-10-28(41(49)46(37)25-32)21-39(48)53-30-12-7-8-13-30/h6,9,11,14-20,28-30,32,37H,2-5,7-8,10,12-13,21-26H2,1H3,(H,50,51)/b11-6-/t28-,29+,32-,37+,42-/m1/s1. The Hall–Kier alpha value is -4.15. The molecule has 1 amide bonds. The molecule has 1 unspecified atom stereocenters. The molecule has 3 heterocycles. The number of benzene rings is 2. The number of rotatable bonds is 9. The van der Waals surface area contributed by atoms with Crippen molar-refractivity contribution in [1.82, 2.24) is 9.88 Å². The van der Waals surface area contributed by atoms with Crippen LogP contribution in [0.5, 0.6) is 11.6 Å². The van der Waals surface area contributed by atoms with E-state index in [0.717, 1.165) is 56.0 Å². The van der Waals surface area contributed by atoms with Gasteiger partial charge in [0.1, 0.15) is 29.6 Å². The Labute approximate surface area is 320 Å². The molecule has 2 aliphatic heterocycles. The molecule has 6 atom stereocenters. The van der Waals surface area contributed by atoms with Crippen molar-refractivity contribution in [3.8, 4) is 11.6 Å². The third kappa shape index (κ3) is 8.50. The number of nitrogens with zero attached hydrogens (tertiary/aromatic N) is 2. The Morgan fingerprint density at radius 1 is 1.02 bits per heavy atom. The first-order chi connectivity index (χ1) is 26.5. The van der Waals surface area contributed by atoms with Gasteiger partial charge in [-0.15, -0.1) is 0 Å². The van der Waals surface area contributed by atoms with Gasteiger partial charge in [-0.05, 0) is 99.1 Å². The van der Waals surface area contributed by atoms with Crippen LogP contribution in [0.4, 0.5) is 8.78 Å². The number of halogens is 2. The number of aromatic nitrogens is 1. The van der Waals surface area contributed by atoms with Crippen molar-refractivity contribution in [3.63, 3.8) is 0 Å². The van der Waals surface area contributed by atoms with E-state index in [2.05, 4.69) is 4.98 Å². The Morgan fingerprint density at radius 3 is 2.55 bits per heavy atom. The molecule has 2 aliphatic carbocycles. The molecule has 1 saturated heterocycles. The van der Waals surface area contributed by atoms with E-state index in [4.69, 9.17) is 14.2 Å². The lowest BCUT2D eigenvalue weighted by atomic mass is 9.94. The van der Waals surface area contributed by atoms with Gasteiger partial charge >= 0.3 is 5.97 Å². The van der Waals surface area contributed by atoms with Crippen molar-refractivity contribution < 1.29 is 46.8 Å². The molecule has 2 aromatic carbocycles. The summed E-state index contributed by atoms with van der Waals surface area (Å²) in [6.07, 6.45) is 10.6. The van der Waals surface area contributed by atoms with E-state index in [9.17, 15) is 32.6 Å². The van der Waals surface area contributed by atoms with Gasteiger partial charge in [0.15, 0.2) is 5.78 Å². The fourth-order valence-corrected chi connectivity index (χ4v) is 11.3. The van der Waals surface area contributed by atoms with E-state index >= 15 is 0 Å². The molecule has 1 N–H and O–H groups in total. The molecule has 3 aromatic rings. The highest BCUT2D eigenvalue weighted by molar-refractivity contribution is 7.59.